The molecule has 8 nitrogen and oxygen atoms in total. The minimum Gasteiger partial charge on any atom is -0.432 e. The predicted molar refractivity (Wildman–Crippen MR) is 109 cm³/mol. The largest absolute Gasteiger partial charge is 0.432 e. The monoisotopic (exact) mass is 439 g/mol. The lowest BCUT2D eigenvalue weighted by Crippen LogP contribution is -2.41. The molecule has 2 atom stereocenters. The highest BCUT2D eigenvalue weighted by Crippen LogP contribution is 2.36. The molecule has 164 valence electrons. The molecule has 4 heterocycles. The second-order valence-electron chi connectivity index (χ2n) is 7.59. The van der Waals surface area contributed by atoms with Crippen LogP contribution in [0, 0.1) is 0 Å². The Bertz CT molecular complexity index is 1300. The normalized spacial score (nSPS) is 17.0. The Morgan fingerprint density at radius 3 is 2.84 bits per heavy atom. The maximum Gasteiger partial charge on any atom is 0.292 e. The summed E-state index contributed by atoms with van der Waals surface area (Å²) in [6.07, 6.45) is -2.26. The summed E-state index contributed by atoms with van der Waals surface area (Å²) in [5, 5.41) is 10.7. The standard InChI is InChI=1S/C22H19F2N5O3/c1-11(30)21-28-17(20(23)24)19(32-21)22(31)29-9-8-14-16(26-10-25-14)18(29)15-7-6-12-4-2-3-5-13(12)27-15/h2-7,10-11,18,20,30H,8-9H2,1H3,(H,25,26)/t11-,18+/m0/s1. The zero-order chi connectivity index (χ0) is 22.4. The quantitative estimate of drug-likeness (QED) is 0.502. The summed E-state index contributed by atoms with van der Waals surface area (Å²) in [5.74, 6) is -1.67. The van der Waals surface area contributed by atoms with E-state index in [1.165, 1.54) is 18.2 Å². The van der Waals surface area contributed by atoms with Crippen molar-refractivity contribution in [3.05, 3.63) is 77.2 Å². The van der Waals surface area contributed by atoms with E-state index in [4.69, 9.17) is 9.40 Å². The summed E-state index contributed by atoms with van der Waals surface area (Å²) >= 11 is 0. The number of aliphatic hydroxyl groups is 1. The van der Waals surface area contributed by atoms with E-state index >= 15 is 0 Å². The number of imidazole rings is 1. The molecule has 1 amide bonds. The number of fused-ring (bicyclic) bond motifs is 2. The van der Waals surface area contributed by atoms with Gasteiger partial charge in [-0.2, -0.15) is 0 Å². The van der Waals surface area contributed by atoms with Crippen molar-refractivity contribution < 1.29 is 23.1 Å². The number of H-pyrrole nitrogens is 1. The second-order valence-corrected chi connectivity index (χ2v) is 7.59. The maximum atomic E-state index is 13.6. The first-order chi connectivity index (χ1) is 15.4. The van der Waals surface area contributed by atoms with Gasteiger partial charge in [0.25, 0.3) is 12.3 Å². The number of hydrogen-bond acceptors (Lipinski definition) is 6. The van der Waals surface area contributed by atoms with Crippen molar-refractivity contribution in [1.29, 1.82) is 0 Å². The molecule has 0 radical (unpaired) electrons. The van der Waals surface area contributed by atoms with Crippen LogP contribution in [0.15, 0.2) is 47.1 Å². The van der Waals surface area contributed by atoms with E-state index in [0.717, 1.165) is 16.6 Å². The summed E-state index contributed by atoms with van der Waals surface area (Å²) in [4.78, 5) is 30.7. The summed E-state index contributed by atoms with van der Waals surface area (Å²) < 4.78 is 32.5. The SMILES string of the molecule is C[C@H](O)c1nc(C(F)F)c(C(=O)N2CCc3[nH]cnc3[C@H]2c2ccc3ccccc3n2)o1. The number of carbonyl (C=O) groups is 1. The molecule has 5 rings (SSSR count). The summed E-state index contributed by atoms with van der Waals surface area (Å²) in [5.41, 5.74) is 1.96. The molecule has 1 aromatic carbocycles. The summed E-state index contributed by atoms with van der Waals surface area (Å²) in [7, 11) is 0. The molecular weight excluding hydrogens is 420 g/mol. The Kier molecular flexibility index (Phi) is 4.93. The van der Waals surface area contributed by atoms with E-state index in [-0.39, 0.29) is 12.4 Å². The van der Waals surface area contributed by atoms with Crippen LogP contribution in [0.3, 0.4) is 0 Å². The number of nitrogens with one attached hydrogen (secondary N) is 1. The molecule has 1 aliphatic heterocycles. The number of alkyl halides is 2. The average molecular weight is 439 g/mol. The van der Waals surface area contributed by atoms with E-state index in [1.54, 1.807) is 6.07 Å². The number of aromatic amines is 1. The van der Waals surface area contributed by atoms with Crippen LogP contribution in [0.5, 0.6) is 0 Å². The minimum atomic E-state index is -3.03. The Morgan fingerprint density at radius 2 is 2.06 bits per heavy atom. The smallest absolute Gasteiger partial charge is 0.292 e. The van der Waals surface area contributed by atoms with Crippen LogP contribution in [0.2, 0.25) is 0 Å². The van der Waals surface area contributed by atoms with Crippen LogP contribution in [0.25, 0.3) is 10.9 Å². The van der Waals surface area contributed by atoms with Crippen molar-refractivity contribution in [3.63, 3.8) is 0 Å². The fourth-order valence-corrected chi connectivity index (χ4v) is 3.99. The van der Waals surface area contributed by atoms with Gasteiger partial charge in [-0.25, -0.2) is 18.7 Å². The Hall–Kier alpha value is -3.66. The van der Waals surface area contributed by atoms with Crippen molar-refractivity contribution in [2.75, 3.05) is 6.54 Å². The van der Waals surface area contributed by atoms with Crippen LogP contribution in [0.1, 0.15) is 64.7 Å². The Balaban J connectivity index is 1.62. The van der Waals surface area contributed by atoms with Crippen LogP contribution < -0.4 is 0 Å². The van der Waals surface area contributed by atoms with Gasteiger partial charge in [-0.05, 0) is 19.1 Å². The number of oxazole rings is 1. The molecule has 0 bridgehead atoms. The molecule has 1 aliphatic rings. The number of carbonyl (C=O) groups excluding carboxylic acids is 1. The van der Waals surface area contributed by atoms with Gasteiger partial charge in [0.1, 0.15) is 12.1 Å². The highest BCUT2D eigenvalue weighted by Gasteiger charge is 2.39. The number of halogens is 2. The lowest BCUT2D eigenvalue weighted by Gasteiger charge is -2.34. The van der Waals surface area contributed by atoms with E-state index in [9.17, 15) is 18.7 Å². The van der Waals surface area contributed by atoms with Crippen molar-refractivity contribution >= 4 is 16.8 Å². The number of aromatic nitrogens is 4. The third-order valence-corrected chi connectivity index (χ3v) is 5.51. The first-order valence-corrected chi connectivity index (χ1v) is 10.1. The zero-order valence-electron chi connectivity index (χ0n) is 17.0. The fraction of sp³-hybridized carbons (Fsp3) is 0.273. The molecule has 3 aromatic heterocycles. The molecule has 0 spiro atoms. The van der Waals surface area contributed by atoms with Crippen LogP contribution in [0.4, 0.5) is 8.78 Å². The van der Waals surface area contributed by atoms with Crippen LogP contribution in [-0.2, 0) is 6.42 Å². The second kappa shape index (κ2) is 7.79. The number of hydrogen-bond donors (Lipinski definition) is 2. The first kappa shape index (κ1) is 20.3. The van der Waals surface area contributed by atoms with E-state index < -0.39 is 35.9 Å². The summed E-state index contributed by atoms with van der Waals surface area (Å²) in [6, 6.07) is 10.5. The van der Waals surface area contributed by atoms with Crippen molar-refractivity contribution in [2.45, 2.75) is 31.9 Å². The average Bonchev–Trinajstić information content (AvgIpc) is 3.45. The number of aliphatic hydroxyl groups excluding tert-OH is 1. The molecule has 0 saturated heterocycles. The molecule has 0 fully saturated rings. The number of rotatable bonds is 4. The lowest BCUT2D eigenvalue weighted by atomic mass is 9.98. The molecule has 0 saturated carbocycles. The van der Waals surface area contributed by atoms with E-state index in [2.05, 4.69) is 15.0 Å². The third kappa shape index (κ3) is 3.32. The number of nitrogens with zero attached hydrogens (tertiary/aromatic N) is 4. The first-order valence-electron chi connectivity index (χ1n) is 10.1. The molecular formula is C22H19F2N5O3. The third-order valence-electron chi connectivity index (χ3n) is 5.51. The number of para-hydroxylation sites is 1. The molecule has 2 N–H and O–H groups in total. The molecule has 32 heavy (non-hydrogen) atoms. The predicted octanol–water partition coefficient (Wildman–Crippen LogP) is 3.72. The van der Waals surface area contributed by atoms with Gasteiger partial charge in [0, 0.05) is 24.0 Å². The van der Waals surface area contributed by atoms with Crippen LogP contribution in [-0.4, -0.2) is 42.4 Å². The Morgan fingerprint density at radius 1 is 1.25 bits per heavy atom. The van der Waals surface area contributed by atoms with Gasteiger partial charge in [0.2, 0.25) is 11.7 Å². The maximum absolute atomic E-state index is 13.6. The molecule has 0 unspecified atom stereocenters. The molecule has 0 aliphatic carbocycles. The Labute approximate surface area is 180 Å². The summed E-state index contributed by atoms with van der Waals surface area (Å²) in [6.45, 7) is 1.56. The topological polar surface area (TPSA) is 108 Å². The van der Waals surface area contributed by atoms with Gasteiger partial charge in [-0.3, -0.25) is 9.78 Å². The van der Waals surface area contributed by atoms with Crippen molar-refractivity contribution in [2.24, 2.45) is 0 Å². The van der Waals surface area contributed by atoms with Crippen molar-refractivity contribution in [1.82, 2.24) is 24.8 Å². The van der Waals surface area contributed by atoms with Crippen molar-refractivity contribution in [3.8, 4) is 0 Å². The fourth-order valence-electron chi connectivity index (χ4n) is 3.99. The molecule has 10 heteroatoms. The van der Waals surface area contributed by atoms with Gasteiger partial charge in [-0.15, -0.1) is 0 Å². The van der Waals surface area contributed by atoms with Gasteiger partial charge in [0.05, 0.1) is 23.2 Å². The van der Waals surface area contributed by atoms with Crippen LogP contribution >= 0.6 is 0 Å². The van der Waals surface area contributed by atoms with Gasteiger partial charge in [-0.1, -0.05) is 24.3 Å². The van der Waals surface area contributed by atoms with E-state index in [0.29, 0.717) is 17.8 Å². The number of benzene rings is 1. The van der Waals surface area contributed by atoms with E-state index in [1.807, 2.05) is 30.3 Å². The highest BCUT2D eigenvalue weighted by molar-refractivity contribution is 5.93. The van der Waals surface area contributed by atoms with Gasteiger partial charge >= 0.3 is 0 Å². The van der Waals surface area contributed by atoms with Gasteiger partial charge in [0.15, 0.2) is 5.69 Å². The number of pyridine rings is 1. The minimum absolute atomic E-state index is 0.237. The zero-order valence-corrected chi connectivity index (χ0v) is 17.0. The molecule has 4 aromatic rings. The van der Waals surface area contributed by atoms with Gasteiger partial charge < -0.3 is 19.4 Å². The highest BCUT2D eigenvalue weighted by atomic mass is 19.3. The lowest BCUT2D eigenvalue weighted by molar-refractivity contribution is 0.0632. The number of amides is 1.